The lowest BCUT2D eigenvalue weighted by molar-refractivity contribution is -0.131. The number of rotatable bonds is 4. The maximum atomic E-state index is 12.4. The molecule has 2 N–H and O–H groups in total. The van der Waals surface area contributed by atoms with Crippen LogP contribution in [0.2, 0.25) is 0 Å². The first-order valence-corrected chi connectivity index (χ1v) is 9.10. The predicted octanol–water partition coefficient (Wildman–Crippen LogP) is 3.28. The summed E-state index contributed by atoms with van der Waals surface area (Å²) in [6.45, 7) is 3.51. The molecule has 3 rings (SSSR count). The Hall–Kier alpha value is -1.71. The van der Waals surface area contributed by atoms with Gasteiger partial charge in [-0.25, -0.2) is 0 Å². The van der Waals surface area contributed by atoms with E-state index in [1.165, 1.54) is 37.8 Å². The zero-order valence-electron chi connectivity index (χ0n) is 14.0. The average Bonchev–Trinajstić information content (AvgIpc) is 2.61. The molecule has 0 bridgehead atoms. The van der Waals surface area contributed by atoms with Crippen molar-refractivity contribution in [2.45, 2.75) is 44.9 Å². The Labute approximate surface area is 139 Å². The van der Waals surface area contributed by atoms with E-state index in [9.17, 15) is 4.79 Å². The standard InChI is InChI=1S/C19H29N3O/c20-17-7-9-18(10-8-17)21-12-14-22(15-13-21)19(23)11-6-16-4-2-1-3-5-16/h7-10,16H,1-6,11-15,20H2. The van der Waals surface area contributed by atoms with Crippen LogP contribution in [0.4, 0.5) is 11.4 Å². The van der Waals surface area contributed by atoms with E-state index in [4.69, 9.17) is 5.73 Å². The van der Waals surface area contributed by atoms with Crippen LogP contribution < -0.4 is 10.6 Å². The predicted molar refractivity (Wildman–Crippen MR) is 95.5 cm³/mol. The van der Waals surface area contributed by atoms with E-state index in [2.05, 4.69) is 21.9 Å². The molecule has 23 heavy (non-hydrogen) atoms. The Morgan fingerprint density at radius 3 is 2.30 bits per heavy atom. The molecule has 2 aliphatic rings. The smallest absolute Gasteiger partial charge is 0.222 e. The second-order valence-corrected chi connectivity index (χ2v) is 7.00. The molecule has 1 aromatic carbocycles. The van der Waals surface area contributed by atoms with E-state index in [0.29, 0.717) is 5.91 Å². The van der Waals surface area contributed by atoms with E-state index >= 15 is 0 Å². The number of amides is 1. The molecular formula is C19H29N3O. The Morgan fingerprint density at radius 2 is 1.65 bits per heavy atom. The van der Waals surface area contributed by atoms with E-state index in [-0.39, 0.29) is 0 Å². The molecule has 126 valence electrons. The van der Waals surface area contributed by atoms with Crippen LogP contribution in [0, 0.1) is 5.92 Å². The molecule has 4 heteroatoms. The van der Waals surface area contributed by atoms with E-state index in [1.807, 2.05) is 12.1 Å². The maximum absolute atomic E-state index is 12.4. The van der Waals surface area contributed by atoms with Crippen molar-refractivity contribution in [3.8, 4) is 0 Å². The summed E-state index contributed by atoms with van der Waals surface area (Å²) in [5.41, 5.74) is 7.74. The maximum Gasteiger partial charge on any atom is 0.222 e. The van der Waals surface area contributed by atoms with Crippen molar-refractivity contribution in [3.63, 3.8) is 0 Å². The molecule has 0 unspecified atom stereocenters. The third-order valence-corrected chi connectivity index (χ3v) is 5.38. The summed E-state index contributed by atoms with van der Waals surface area (Å²) in [6, 6.07) is 8.01. The summed E-state index contributed by atoms with van der Waals surface area (Å²) in [7, 11) is 0. The van der Waals surface area contributed by atoms with Crippen molar-refractivity contribution >= 4 is 17.3 Å². The summed E-state index contributed by atoms with van der Waals surface area (Å²) < 4.78 is 0. The molecule has 0 radical (unpaired) electrons. The van der Waals surface area contributed by atoms with Crippen molar-refractivity contribution in [2.24, 2.45) is 5.92 Å². The number of nitrogen functional groups attached to an aromatic ring is 1. The van der Waals surface area contributed by atoms with Gasteiger partial charge in [0.15, 0.2) is 0 Å². The van der Waals surface area contributed by atoms with Crippen molar-refractivity contribution in [2.75, 3.05) is 36.8 Å². The van der Waals surface area contributed by atoms with Gasteiger partial charge in [0.25, 0.3) is 0 Å². The highest BCUT2D eigenvalue weighted by Crippen LogP contribution is 2.27. The number of nitrogens with zero attached hydrogens (tertiary/aromatic N) is 2. The number of piperazine rings is 1. The Balaban J connectivity index is 1.42. The number of carbonyl (C=O) groups is 1. The summed E-state index contributed by atoms with van der Waals surface area (Å²) in [5, 5.41) is 0. The SMILES string of the molecule is Nc1ccc(N2CCN(C(=O)CCC3CCCCC3)CC2)cc1. The molecule has 0 aromatic heterocycles. The minimum atomic E-state index is 0.354. The van der Waals surface area contributed by atoms with Gasteiger partial charge in [-0.15, -0.1) is 0 Å². The summed E-state index contributed by atoms with van der Waals surface area (Å²) in [6.07, 6.45) is 8.61. The van der Waals surface area contributed by atoms with Gasteiger partial charge in [0, 0.05) is 44.0 Å². The van der Waals surface area contributed by atoms with Gasteiger partial charge in [0.05, 0.1) is 0 Å². The fourth-order valence-corrected chi connectivity index (χ4v) is 3.86. The van der Waals surface area contributed by atoms with Crippen molar-refractivity contribution in [3.05, 3.63) is 24.3 Å². The monoisotopic (exact) mass is 315 g/mol. The highest BCUT2D eigenvalue weighted by molar-refractivity contribution is 5.76. The van der Waals surface area contributed by atoms with E-state index in [1.54, 1.807) is 0 Å². The van der Waals surface area contributed by atoms with Crippen LogP contribution in [0.5, 0.6) is 0 Å². The van der Waals surface area contributed by atoms with Gasteiger partial charge in [0.2, 0.25) is 5.91 Å². The molecular weight excluding hydrogens is 286 g/mol. The number of hydrogen-bond acceptors (Lipinski definition) is 3. The molecule has 1 heterocycles. The minimum Gasteiger partial charge on any atom is -0.399 e. The van der Waals surface area contributed by atoms with E-state index < -0.39 is 0 Å². The van der Waals surface area contributed by atoms with Crippen LogP contribution >= 0.6 is 0 Å². The Kier molecular flexibility index (Phi) is 5.42. The summed E-state index contributed by atoms with van der Waals surface area (Å²) >= 11 is 0. The molecule has 4 nitrogen and oxygen atoms in total. The fraction of sp³-hybridized carbons (Fsp3) is 0.632. The lowest BCUT2D eigenvalue weighted by Gasteiger charge is -2.36. The molecule has 2 fully saturated rings. The van der Waals surface area contributed by atoms with Gasteiger partial charge in [-0.3, -0.25) is 4.79 Å². The van der Waals surface area contributed by atoms with E-state index in [0.717, 1.165) is 50.6 Å². The highest BCUT2D eigenvalue weighted by Gasteiger charge is 2.22. The third-order valence-electron chi connectivity index (χ3n) is 5.38. The summed E-state index contributed by atoms with van der Waals surface area (Å²) in [4.78, 5) is 16.8. The molecule has 1 amide bonds. The largest absolute Gasteiger partial charge is 0.399 e. The topological polar surface area (TPSA) is 49.6 Å². The van der Waals surface area contributed by atoms with Gasteiger partial charge >= 0.3 is 0 Å². The normalized spacial score (nSPS) is 19.8. The minimum absolute atomic E-state index is 0.354. The third kappa shape index (κ3) is 4.40. The average molecular weight is 315 g/mol. The molecule has 1 aromatic rings. The number of nitrogens with two attached hydrogens (primary N) is 1. The van der Waals surface area contributed by atoms with Gasteiger partial charge in [-0.2, -0.15) is 0 Å². The van der Waals surface area contributed by atoms with Gasteiger partial charge < -0.3 is 15.5 Å². The Bertz CT molecular complexity index is 500. The molecule has 0 atom stereocenters. The van der Waals surface area contributed by atoms with Crippen LogP contribution in [0.3, 0.4) is 0 Å². The first-order chi connectivity index (χ1) is 11.2. The van der Waals surface area contributed by atoms with Gasteiger partial charge in [0.1, 0.15) is 0 Å². The van der Waals surface area contributed by atoms with Crippen LogP contribution in [0.1, 0.15) is 44.9 Å². The molecule has 0 spiro atoms. The zero-order chi connectivity index (χ0) is 16.1. The second kappa shape index (κ2) is 7.71. The number of carbonyl (C=O) groups excluding carboxylic acids is 1. The number of hydrogen-bond donors (Lipinski definition) is 1. The van der Waals surface area contributed by atoms with Crippen LogP contribution in [0.25, 0.3) is 0 Å². The van der Waals surface area contributed by atoms with Gasteiger partial charge in [-0.1, -0.05) is 32.1 Å². The zero-order valence-corrected chi connectivity index (χ0v) is 14.0. The molecule has 1 saturated carbocycles. The van der Waals surface area contributed by atoms with Crippen LogP contribution in [0.15, 0.2) is 24.3 Å². The Morgan fingerprint density at radius 1 is 1.00 bits per heavy atom. The number of benzene rings is 1. The first-order valence-electron chi connectivity index (χ1n) is 9.10. The second-order valence-electron chi connectivity index (χ2n) is 7.00. The summed E-state index contributed by atoms with van der Waals surface area (Å²) in [5.74, 6) is 1.15. The van der Waals surface area contributed by atoms with Crippen molar-refractivity contribution < 1.29 is 4.79 Å². The quantitative estimate of drug-likeness (QED) is 0.868. The lowest BCUT2D eigenvalue weighted by Crippen LogP contribution is -2.48. The van der Waals surface area contributed by atoms with Gasteiger partial charge in [-0.05, 0) is 36.6 Å². The fourth-order valence-electron chi connectivity index (χ4n) is 3.86. The first kappa shape index (κ1) is 16.2. The van der Waals surface area contributed by atoms with Crippen LogP contribution in [-0.2, 0) is 4.79 Å². The molecule has 1 aliphatic heterocycles. The lowest BCUT2D eigenvalue weighted by atomic mass is 9.86. The molecule has 1 saturated heterocycles. The highest BCUT2D eigenvalue weighted by atomic mass is 16.2. The van der Waals surface area contributed by atoms with Crippen LogP contribution in [-0.4, -0.2) is 37.0 Å². The molecule has 1 aliphatic carbocycles. The van der Waals surface area contributed by atoms with Crippen molar-refractivity contribution in [1.82, 2.24) is 4.90 Å². The number of anilines is 2. The van der Waals surface area contributed by atoms with Crippen molar-refractivity contribution in [1.29, 1.82) is 0 Å².